The number of para-hydroxylation sites is 1. The summed E-state index contributed by atoms with van der Waals surface area (Å²) in [6.45, 7) is 2.69. The molecule has 0 saturated heterocycles. The van der Waals surface area contributed by atoms with Gasteiger partial charge in [0.15, 0.2) is 0 Å². The molecule has 100 valence electrons. The molecule has 0 unspecified atom stereocenters. The van der Waals surface area contributed by atoms with Gasteiger partial charge in [0, 0.05) is 18.9 Å². The number of pyridine rings is 1. The predicted octanol–water partition coefficient (Wildman–Crippen LogP) is 1.98. The zero-order valence-electron chi connectivity index (χ0n) is 11.1. The highest BCUT2D eigenvalue weighted by molar-refractivity contribution is 5.39. The van der Waals surface area contributed by atoms with Gasteiger partial charge in [0.2, 0.25) is 5.95 Å². The highest BCUT2D eigenvalue weighted by Gasteiger charge is 2.07. The topological polar surface area (TPSA) is 68.5 Å². The lowest BCUT2D eigenvalue weighted by Gasteiger charge is -2.08. The predicted molar refractivity (Wildman–Crippen MR) is 75.5 cm³/mol. The zero-order chi connectivity index (χ0) is 13.8. The van der Waals surface area contributed by atoms with Gasteiger partial charge >= 0.3 is 0 Å². The fourth-order valence-corrected chi connectivity index (χ4v) is 1.90. The van der Waals surface area contributed by atoms with Gasteiger partial charge in [-0.3, -0.25) is 4.98 Å². The third-order valence-electron chi connectivity index (χ3n) is 3.05. The van der Waals surface area contributed by atoms with Crippen LogP contribution in [0.15, 0.2) is 48.8 Å². The molecule has 6 nitrogen and oxygen atoms in total. The summed E-state index contributed by atoms with van der Waals surface area (Å²) in [6, 6.07) is 11.8. The number of hydrogen-bond acceptors (Lipinski definition) is 5. The molecule has 0 bridgehead atoms. The van der Waals surface area contributed by atoms with E-state index < -0.39 is 0 Å². The maximum absolute atomic E-state index is 4.13. The van der Waals surface area contributed by atoms with Crippen LogP contribution in [0.5, 0.6) is 0 Å². The lowest BCUT2D eigenvalue weighted by Crippen LogP contribution is -2.08. The normalized spacial score (nSPS) is 10.4. The fourth-order valence-electron chi connectivity index (χ4n) is 1.90. The minimum absolute atomic E-state index is 0.611. The van der Waals surface area contributed by atoms with Crippen molar-refractivity contribution in [3.05, 3.63) is 59.9 Å². The Hall–Kier alpha value is -2.76. The lowest BCUT2D eigenvalue weighted by atomic mass is 10.2. The van der Waals surface area contributed by atoms with E-state index in [1.807, 2.05) is 42.6 Å². The highest BCUT2D eigenvalue weighted by atomic mass is 15.6. The zero-order valence-corrected chi connectivity index (χ0v) is 11.1. The number of nitrogens with zero attached hydrogens (tertiary/aromatic N) is 5. The molecule has 0 amide bonds. The third kappa shape index (κ3) is 2.49. The maximum atomic E-state index is 4.13. The Balaban J connectivity index is 1.80. The Labute approximate surface area is 116 Å². The third-order valence-corrected chi connectivity index (χ3v) is 3.05. The van der Waals surface area contributed by atoms with E-state index in [0.717, 1.165) is 11.3 Å². The quantitative estimate of drug-likeness (QED) is 0.782. The molecular formula is C14H14N6. The van der Waals surface area contributed by atoms with Crippen molar-refractivity contribution >= 4 is 5.95 Å². The summed E-state index contributed by atoms with van der Waals surface area (Å²) < 4.78 is 1.67. The van der Waals surface area contributed by atoms with Crippen molar-refractivity contribution in [1.82, 2.24) is 25.2 Å². The van der Waals surface area contributed by atoms with Crippen molar-refractivity contribution in [3.63, 3.8) is 0 Å². The molecule has 2 heterocycles. The average Bonchev–Trinajstić information content (AvgIpc) is 2.96. The first-order valence-corrected chi connectivity index (χ1v) is 6.32. The molecule has 0 atom stereocenters. The minimum Gasteiger partial charge on any atom is -0.349 e. The summed E-state index contributed by atoms with van der Waals surface area (Å²) in [6.07, 6.45) is 3.63. The van der Waals surface area contributed by atoms with E-state index in [4.69, 9.17) is 0 Å². The molecule has 0 fully saturated rings. The number of rotatable bonds is 4. The van der Waals surface area contributed by atoms with E-state index >= 15 is 0 Å². The number of aromatic nitrogens is 5. The summed E-state index contributed by atoms with van der Waals surface area (Å²) in [5.74, 6) is 0.611. The SMILES string of the molecule is Cc1ccncc1CNc1nnnn1-c1ccccc1. The van der Waals surface area contributed by atoms with Gasteiger partial charge in [-0.05, 0) is 46.7 Å². The molecule has 20 heavy (non-hydrogen) atoms. The summed E-state index contributed by atoms with van der Waals surface area (Å²) in [4.78, 5) is 4.13. The van der Waals surface area contributed by atoms with Gasteiger partial charge < -0.3 is 5.32 Å². The van der Waals surface area contributed by atoms with Crippen molar-refractivity contribution in [2.24, 2.45) is 0 Å². The second-order valence-corrected chi connectivity index (χ2v) is 4.41. The van der Waals surface area contributed by atoms with Gasteiger partial charge in [0.05, 0.1) is 5.69 Å². The van der Waals surface area contributed by atoms with Crippen LogP contribution in [-0.2, 0) is 6.54 Å². The first kappa shape index (κ1) is 12.3. The lowest BCUT2D eigenvalue weighted by molar-refractivity contribution is 0.789. The van der Waals surface area contributed by atoms with E-state index in [9.17, 15) is 0 Å². The highest BCUT2D eigenvalue weighted by Crippen LogP contribution is 2.12. The molecule has 3 aromatic rings. The average molecular weight is 266 g/mol. The van der Waals surface area contributed by atoms with Gasteiger partial charge in [-0.2, -0.15) is 4.68 Å². The van der Waals surface area contributed by atoms with Gasteiger partial charge in [-0.25, -0.2) is 0 Å². The van der Waals surface area contributed by atoms with E-state index in [1.165, 1.54) is 5.56 Å². The van der Waals surface area contributed by atoms with E-state index in [-0.39, 0.29) is 0 Å². The molecule has 6 heteroatoms. The van der Waals surface area contributed by atoms with Crippen LogP contribution in [0.2, 0.25) is 0 Å². The fraction of sp³-hybridized carbons (Fsp3) is 0.143. The van der Waals surface area contributed by atoms with E-state index in [1.54, 1.807) is 10.9 Å². The summed E-state index contributed by atoms with van der Waals surface area (Å²) in [5, 5.41) is 15.0. The van der Waals surface area contributed by atoms with Crippen LogP contribution in [0.3, 0.4) is 0 Å². The van der Waals surface area contributed by atoms with Gasteiger partial charge in [0.1, 0.15) is 0 Å². The second kappa shape index (κ2) is 5.48. The number of nitrogens with one attached hydrogen (secondary N) is 1. The van der Waals surface area contributed by atoms with Crippen LogP contribution in [0, 0.1) is 6.92 Å². The molecule has 1 N–H and O–H groups in total. The monoisotopic (exact) mass is 266 g/mol. The van der Waals surface area contributed by atoms with Crippen molar-refractivity contribution in [3.8, 4) is 5.69 Å². The molecule has 0 saturated carbocycles. The van der Waals surface area contributed by atoms with Gasteiger partial charge in [-0.1, -0.05) is 23.3 Å². The number of benzene rings is 1. The Morgan fingerprint density at radius 3 is 2.80 bits per heavy atom. The first-order valence-electron chi connectivity index (χ1n) is 6.32. The first-order chi connectivity index (χ1) is 9.84. The Morgan fingerprint density at radius 1 is 1.15 bits per heavy atom. The van der Waals surface area contributed by atoms with Crippen LogP contribution >= 0.6 is 0 Å². The number of tetrazole rings is 1. The van der Waals surface area contributed by atoms with Gasteiger partial charge in [0.25, 0.3) is 0 Å². The minimum atomic E-state index is 0.611. The second-order valence-electron chi connectivity index (χ2n) is 4.41. The number of hydrogen-bond donors (Lipinski definition) is 1. The smallest absolute Gasteiger partial charge is 0.248 e. The summed E-state index contributed by atoms with van der Waals surface area (Å²) in [7, 11) is 0. The van der Waals surface area contributed by atoms with Crippen LogP contribution in [0.25, 0.3) is 5.69 Å². The van der Waals surface area contributed by atoms with E-state index in [0.29, 0.717) is 12.5 Å². The van der Waals surface area contributed by atoms with Crippen molar-refractivity contribution in [2.75, 3.05) is 5.32 Å². The van der Waals surface area contributed by atoms with Crippen LogP contribution in [0.1, 0.15) is 11.1 Å². The largest absolute Gasteiger partial charge is 0.349 e. The molecule has 2 aromatic heterocycles. The molecule has 1 aromatic carbocycles. The van der Waals surface area contributed by atoms with Crippen molar-refractivity contribution < 1.29 is 0 Å². The Morgan fingerprint density at radius 2 is 2.00 bits per heavy atom. The molecular weight excluding hydrogens is 252 g/mol. The standard InChI is InChI=1S/C14H14N6/c1-11-7-8-15-9-12(11)10-16-14-17-18-19-20(14)13-5-3-2-4-6-13/h2-9H,10H2,1H3,(H,16,17,19). The molecule has 3 rings (SSSR count). The van der Waals surface area contributed by atoms with Gasteiger partial charge in [-0.15, -0.1) is 0 Å². The number of aryl methyl sites for hydroxylation is 1. The van der Waals surface area contributed by atoms with E-state index in [2.05, 4.69) is 32.7 Å². The maximum Gasteiger partial charge on any atom is 0.248 e. The van der Waals surface area contributed by atoms with Crippen molar-refractivity contribution in [2.45, 2.75) is 13.5 Å². The number of anilines is 1. The summed E-state index contributed by atoms with van der Waals surface area (Å²) >= 11 is 0. The summed E-state index contributed by atoms with van der Waals surface area (Å²) in [5.41, 5.74) is 3.23. The Bertz CT molecular complexity index is 692. The molecule has 0 radical (unpaired) electrons. The van der Waals surface area contributed by atoms with Crippen LogP contribution < -0.4 is 5.32 Å². The molecule has 0 aliphatic heterocycles. The molecule has 0 spiro atoms. The molecule has 0 aliphatic carbocycles. The van der Waals surface area contributed by atoms with Crippen LogP contribution in [0.4, 0.5) is 5.95 Å². The van der Waals surface area contributed by atoms with Crippen molar-refractivity contribution in [1.29, 1.82) is 0 Å². The molecule has 0 aliphatic rings. The van der Waals surface area contributed by atoms with Crippen LogP contribution in [-0.4, -0.2) is 25.2 Å². The Kier molecular flexibility index (Phi) is 3.36.